The lowest BCUT2D eigenvalue weighted by Crippen LogP contribution is -2.30. The van der Waals surface area contributed by atoms with Gasteiger partial charge in [-0.2, -0.15) is 0 Å². The highest BCUT2D eigenvalue weighted by Gasteiger charge is 2.12. The Morgan fingerprint density at radius 1 is 1.29 bits per heavy atom. The van der Waals surface area contributed by atoms with Crippen molar-refractivity contribution in [3.8, 4) is 11.5 Å². The van der Waals surface area contributed by atoms with E-state index in [0.29, 0.717) is 11.5 Å². The first kappa shape index (κ1) is 13.2. The van der Waals surface area contributed by atoms with Crippen LogP contribution in [-0.2, 0) is 4.79 Å². The molecule has 17 heavy (non-hydrogen) atoms. The first-order chi connectivity index (χ1) is 7.99. The van der Waals surface area contributed by atoms with Gasteiger partial charge in [-0.3, -0.25) is 4.79 Å². The van der Waals surface area contributed by atoms with E-state index >= 15 is 0 Å². The summed E-state index contributed by atoms with van der Waals surface area (Å²) >= 11 is 0. The summed E-state index contributed by atoms with van der Waals surface area (Å²) in [5.41, 5.74) is 7.05. The molecular weight excluding hydrogens is 220 g/mol. The van der Waals surface area contributed by atoms with Gasteiger partial charge in [0.1, 0.15) is 0 Å². The molecule has 0 aliphatic heterocycles. The molecular formula is C12H18N2O3. The number of amides is 1. The van der Waals surface area contributed by atoms with Gasteiger partial charge in [0.2, 0.25) is 5.91 Å². The van der Waals surface area contributed by atoms with E-state index in [-0.39, 0.29) is 12.5 Å². The van der Waals surface area contributed by atoms with E-state index in [1.54, 1.807) is 26.2 Å². The molecule has 0 fully saturated rings. The SMILES string of the molecule is COc1cc(C)c(N(C)CC(N)=O)cc1OC. The molecule has 1 amide bonds. The van der Waals surface area contributed by atoms with Gasteiger partial charge >= 0.3 is 0 Å². The number of likely N-dealkylation sites (N-methyl/N-ethyl adjacent to an activating group) is 1. The van der Waals surface area contributed by atoms with Gasteiger partial charge in [-0.15, -0.1) is 0 Å². The van der Waals surface area contributed by atoms with Crippen molar-refractivity contribution in [2.24, 2.45) is 5.73 Å². The second-order valence-electron chi connectivity index (χ2n) is 3.82. The second-order valence-corrected chi connectivity index (χ2v) is 3.82. The number of hydrogen-bond acceptors (Lipinski definition) is 4. The van der Waals surface area contributed by atoms with E-state index in [0.717, 1.165) is 11.3 Å². The van der Waals surface area contributed by atoms with Crippen molar-refractivity contribution < 1.29 is 14.3 Å². The summed E-state index contributed by atoms with van der Waals surface area (Å²) in [5, 5.41) is 0. The van der Waals surface area contributed by atoms with E-state index in [2.05, 4.69) is 0 Å². The summed E-state index contributed by atoms with van der Waals surface area (Å²) in [6, 6.07) is 3.70. The Bertz CT molecular complexity index is 418. The standard InChI is InChI=1S/C12H18N2O3/c1-8-5-10(16-3)11(17-4)6-9(8)14(2)7-12(13)15/h5-6H,7H2,1-4H3,(H2,13,15). The zero-order chi connectivity index (χ0) is 13.0. The van der Waals surface area contributed by atoms with Gasteiger partial charge < -0.3 is 20.1 Å². The lowest BCUT2D eigenvalue weighted by atomic mass is 10.1. The van der Waals surface area contributed by atoms with Gasteiger partial charge in [0.25, 0.3) is 0 Å². The fourth-order valence-corrected chi connectivity index (χ4v) is 1.70. The molecule has 2 N–H and O–H groups in total. The van der Waals surface area contributed by atoms with Gasteiger partial charge in [-0.25, -0.2) is 0 Å². The van der Waals surface area contributed by atoms with Crippen LogP contribution in [0.5, 0.6) is 11.5 Å². The number of hydrogen-bond donors (Lipinski definition) is 1. The highest BCUT2D eigenvalue weighted by molar-refractivity contribution is 5.80. The van der Waals surface area contributed by atoms with Crippen LogP contribution in [0.3, 0.4) is 0 Å². The van der Waals surface area contributed by atoms with Crippen molar-refractivity contribution in [1.82, 2.24) is 0 Å². The molecule has 5 heteroatoms. The van der Waals surface area contributed by atoms with Gasteiger partial charge in [0.05, 0.1) is 20.8 Å². The predicted molar refractivity (Wildman–Crippen MR) is 66.7 cm³/mol. The lowest BCUT2D eigenvalue weighted by molar-refractivity contribution is -0.116. The van der Waals surface area contributed by atoms with Crippen molar-refractivity contribution in [3.63, 3.8) is 0 Å². The van der Waals surface area contributed by atoms with Crippen molar-refractivity contribution in [2.75, 3.05) is 32.7 Å². The molecule has 94 valence electrons. The number of anilines is 1. The average molecular weight is 238 g/mol. The number of rotatable bonds is 5. The molecule has 0 radical (unpaired) electrons. The van der Waals surface area contributed by atoms with E-state index in [1.165, 1.54) is 0 Å². The summed E-state index contributed by atoms with van der Waals surface area (Å²) in [6.07, 6.45) is 0. The maximum absolute atomic E-state index is 10.9. The van der Waals surface area contributed by atoms with Crippen molar-refractivity contribution in [2.45, 2.75) is 6.92 Å². The Balaban J connectivity index is 3.11. The Morgan fingerprint density at radius 2 is 1.82 bits per heavy atom. The van der Waals surface area contributed by atoms with Crippen LogP contribution in [0.25, 0.3) is 0 Å². The fourth-order valence-electron chi connectivity index (χ4n) is 1.70. The number of aryl methyl sites for hydroxylation is 1. The molecule has 0 aliphatic carbocycles. The van der Waals surface area contributed by atoms with Crippen LogP contribution in [0.4, 0.5) is 5.69 Å². The molecule has 0 unspecified atom stereocenters. The van der Waals surface area contributed by atoms with E-state index < -0.39 is 0 Å². The van der Waals surface area contributed by atoms with Gasteiger partial charge in [-0.1, -0.05) is 0 Å². The molecule has 0 aliphatic rings. The number of ether oxygens (including phenoxy) is 2. The van der Waals surface area contributed by atoms with Crippen LogP contribution in [-0.4, -0.2) is 33.7 Å². The minimum atomic E-state index is -0.373. The van der Waals surface area contributed by atoms with E-state index in [9.17, 15) is 4.79 Å². The number of carbonyl (C=O) groups is 1. The Morgan fingerprint density at radius 3 is 2.29 bits per heavy atom. The highest BCUT2D eigenvalue weighted by atomic mass is 16.5. The molecule has 0 bridgehead atoms. The Labute approximate surface area is 101 Å². The number of methoxy groups -OCH3 is 2. The zero-order valence-electron chi connectivity index (χ0n) is 10.6. The quantitative estimate of drug-likeness (QED) is 0.829. The smallest absolute Gasteiger partial charge is 0.236 e. The van der Waals surface area contributed by atoms with Gasteiger partial charge in [0.15, 0.2) is 11.5 Å². The molecule has 0 saturated carbocycles. The summed E-state index contributed by atoms with van der Waals surface area (Å²) in [5.74, 6) is 0.923. The van der Waals surface area contributed by atoms with Crippen molar-refractivity contribution >= 4 is 11.6 Å². The molecule has 0 heterocycles. The summed E-state index contributed by atoms with van der Waals surface area (Å²) in [6.45, 7) is 2.10. The zero-order valence-corrected chi connectivity index (χ0v) is 10.6. The van der Waals surface area contributed by atoms with E-state index in [4.69, 9.17) is 15.2 Å². The molecule has 1 aromatic carbocycles. The third kappa shape index (κ3) is 3.03. The number of carbonyl (C=O) groups excluding carboxylic acids is 1. The number of benzene rings is 1. The predicted octanol–water partition coefficient (Wildman–Crippen LogP) is 0.934. The van der Waals surface area contributed by atoms with E-state index in [1.807, 2.05) is 19.1 Å². The maximum atomic E-state index is 10.9. The molecule has 0 saturated heterocycles. The molecule has 1 rings (SSSR count). The normalized spacial score (nSPS) is 9.88. The largest absolute Gasteiger partial charge is 0.493 e. The molecule has 5 nitrogen and oxygen atoms in total. The highest BCUT2D eigenvalue weighted by Crippen LogP contribution is 2.34. The first-order valence-electron chi connectivity index (χ1n) is 5.21. The monoisotopic (exact) mass is 238 g/mol. The van der Waals surface area contributed by atoms with Crippen LogP contribution in [0, 0.1) is 6.92 Å². The Hall–Kier alpha value is -1.91. The third-order valence-corrected chi connectivity index (χ3v) is 2.51. The van der Waals surface area contributed by atoms with Gasteiger partial charge in [-0.05, 0) is 18.6 Å². The van der Waals surface area contributed by atoms with Crippen molar-refractivity contribution in [1.29, 1.82) is 0 Å². The topological polar surface area (TPSA) is 64.8 Å². The minimum absolute atomic E-state index is 0.163. The van der Waals surface area contributed by atoms with Crippen LogP contribution < -0.4 is 20.1 Å². The first-order valence-corrected chi connectivity index (χ1v) is 5.21. The molecule has 1 aromatic rings. The summed E-state index contributed by atoms with van der Waals surface area (Å²) in [4.78, 5) is 12.7. The van der Waals surface area contributed by atoms with Crippen LogP contribution in [0.2, 0.25) is 0 Å². The fraction of sp³-hybridized carbons (Fsp3) is 0.417. The number of nitrogens with zero attached hydrogens (tertiary/aromatic N) is 1. The second kappa shape index (κ2) is 5.43. The average Bonchev–Trinajstić information content (AvgIpc) is 2.27. The third-order valence-electron chi connectivity index (χ3n) is 2.51. The van der Waals surface area contributed by atoms with Crippen LogP contribution >= 0.6 is 0 Å². The number of primary amides is 1. The molecule has 0 spiro atoms. The molecule has 0 atom stereocenters. The summed E-state index contributed by atoms with van der Waals surface area (Å²) in [7, 11) is 4.97. The van der Waals surface area contributed by atoms with Crippen LogP contribution in [0.1, 0.15) is 5.56 Å². The molecule has 0 aromatic heterocycles. The van der Waals surface area contributed by atoms with Gasteiger partial charge in [0, 0.05) is 18.8 Å². The Kier molecular flexibility index (Phi) is 4.20. The van der Waals surface area contributed by atoms with Crippen molar-refractivity contribution in [3.05, 3.63) is 17.7 Å². The summed E-state index contributed by atoms with van der Waals surface area (Å²) < 4.78 is 10.4. The number of nitrogens with two attached hydrogens (primary N) is 1. The lowest BCUT2D eigenvalue weighted by Gasteiger charge is -2.21. The van der Waals surface area contributed by atoms with Crippen LogP contribution in [0.15, 0.2) is 12.1 Å². The maximum Gasteiger partial charge on any atom is 0.236 e. The minimum Gasteiger partial charge on any atom is -0.493 e.